The number of hydrogen-bond acceptors (Lipinski definition) is 5. The van der Waals surface area contributed by atoms with E-state index in [1.54, 1.807) is 30.0 Å². The van der Waals surface area contributed by atoms with E-state index in [1.807, 2.05) is 18.2 Å². The molecule has 8 nitrogen and oxygen atoms in total. The number of carbonyl (C=O) groups is 2. The van der Waals surface area contributed by atoms with Crippen LogP contribution in [0.1, 0.15) is 29.3 Å². The van der Waals surface area contributed by atoms with E-state index in [0.717, 1.165) is 12.8 Å². The van der Waals surface area contributed by atoms with Crippen LogP contribution in [0.3, 0.4) is 0 Å². The van der Waals surface area contributed by atoms with Gasteiger partial charge < -0.3 is 15.0 Å². The summed E-state index contributed by atoms with van der Waals surface area (Å²) in [6.07, 6.45) is 1.03. The van der Waals surface area contributed by atoms with E-state index in [-0.39, 0.29) is 11.6 Å². The summed E-state index contributed by atoms with van der Waals surface area (Å²) in [7, 11) is 0. The second-order valence-electron chi connectivity index (χ2n) is 7.78. The van der Waals surface area contributed by atoms with Gasteiger partial charge in [-0.05, 0) is 55.7 Å². The number of nitrogens with zero attached hydrogens (tertiary/aromatic N) is 2. The molecule has 4 rings (SSSR count). The van der Waals surface area contributed by atoms with Gasteiger partial charge in [-0.25, -0.2) is 0 Å². The minimum atomic E-state index is -0.588. The highest BCUT2D eigenvalue weighted by molar-refractivity contribution is 6.05. The minimum Gasteiger partial charge on any atom is -0.479 e. The average molecular weight is 445 g/mol. The van der Waals surface area contributed by atoms with E-state index < -0.39 is 16.9 Å². The van der Waals surface area contributed by atoms with Crippen molar-refractivity contribution in [3.8, 4) is 5.75 Å². The molecule has 3 aromatic carbocycles. The number of nitro groups is 1. The van der Waals surface area contributed by atoms with E-state index in [2.05, 4.69) is 17.4 Å². The Bertz CT molecular complexity index is 1180. The van der Waals surface area contributed by atoms with Crippen molar-refractivity contribution in [1.29, 1.82) is 0 Å². The average Bonchev–Trinajstić information content (AvgIpc) is 2.82. The standard InChI is InChI=1S/C25H23N3O5/c1-17-25(30)27(15-5-8-18-6-3-2-4-7-18)22-16-20(11-14-23(22)33-17)26-24(29)19-9-12-21(13-10-19)28(31)32/h2-4,6-7,9-14,16-17H,5,8,15H2,1H3,(H,26,29). The number of carbonyl (C=O) groups excluding carboxylic acids is 2. The first-order chi connectivity index (χ1) is 15.9. The first-order valence-corrected chi connectivity index (χ1v) is 10.6. The van der Waals surface area contributed by atoms with Crippen molar-refractivity contribution >= 4 is 28.9 Å². The van der Waals surface area contributed by atoms with Gasteiger partial charge in [-0.2, -0.15) is 0 Å². The van der Waals surface area contributed by atoms with Gasteiger partial charge in [0.25, 0.3) is 17.5 Å². The highest BCUT2D eigenvalue weighted by Crippen LogP contribution is 2.36. The summed E-state index contributed by atoms with van der Waals surface area (Å²) in [5.41, 5.74) is 2.51. The van der Waals surface area contributed by atoms with Crippen LogP contribution in [-0.2, 0) is 11.2 Å². The Kier molecular flexibility index (Phi) is 6.35. The molecule has 0 fully saturated rings. The van der Waals surface area contributed by atoms with Gasteiger partial charge >= 0.3 is 0 Å². The molecule has 1 unspecified atom stereocenters. The smallest absolute Gasteiger partial charge is 0.269 e. The summed E-state index contributed by atoms with van der Waals surface area (Å²) in [5.74, 6) is 0.0430. The number of non-ortho nitro benzene ring substituents is 1. The predicted molar refractivity (Wildman–Crippen MR) is 125 cm³/mol. The lowest BCUT2D eigenvalue weighted by molar-refractivity contribution is -0.384. The van der Waals surface area contributed by atoms with E-state index in [0.29, 0.717) is 29.2 Å². The van der Waals surface area contributed by atoms with E-state index in [4.69, 9.17) is 4.74 Å². The van der Waals surface area contributed by atoms with Crippen LogP contribution in [0.15, 0.2) is 72.8 Å². The fourth-order valence-electron chi connectivity index (χ4n) is 3.74. The largest absolute Gasteiger partial charge is 0.479 e. The molecule has 2 amide bonds. The summed E-state index contributed by atoms with van der Waals surface area (Å²) >= 11 is 0. The molecule has 3 aromatic rings. The van der Waals surface area contributed by atoms with Gasteiger partial charge in [-0.15, -0.1) is 0 Å². The Morgan fingerprint density at radius 3 is 2.52 bits per heavy atom. The maximum atomic E-state index is 12.8. The Labute approximate surface area is 190 Å². The molecule has 1 N–H and O–H groups in total. The van der Waals surface area contributed by atoms with Gasteiger partial charge in [0.05, 0.1) is 10.6 Å². The van der Waals surface area contributed by atoms with Crippen LogP contribution in [0.4, 0.5) is 17.1 Å². The first-order valence-electron chi connectivity index (χ1n) is 10.6. The fraction of sp³-hybridized carbons (Fsp3) is 0.200. The normalized spacial score (nSPS) is 14.9. The summed E-state index contributed by atoms with van der Waals surface area (Å²) in [6.45, 7) is 2.24. The number of fused-ring (bicyclic) bond motifs is 1. The molecule has 0 bridgehead atoms. The fourth-order valence-corrected chi connectivity index (χ4v) is 3.74. The van der Waals surface area contributed by atoms with Crippen molar-refractivity contribution in [3.63, 3.8) is 0 Å². The minimum absolute atomic E-state index is 0.0868. The first kappa shape index (κ1) is 22.0. The zero-order valence-electron chi connectivity index (χ0n) is 18.1. The van der Waals surface area contributed by atoms with Gasteiger partial charge in [-0.1, -0.05) is 30.3 Å². The SMILES string of the molecule is CC1Oc2ccc(NC(=O)c3ccc([N+](=O)[O-])cc3)cc2N(CCCc2ccccc2)C1=O. The number of amides is 2. The summed E-state index contributed by atoms with van der Waals surface area (Å²) in [5, 5.41) is 13.6. The molecule has 0 saturated heterocycles. The number of anilines is 2. The molecule has 0 radical (unpaired) electrons. The molecule has 0 aromatic heterocycles. The molecular formula is C25H23N3O5. The third-order valence-electron chi connectivity index (χ3n) is 5.46. The molecule has 0 aliphatic carbocycles. The maximum absolute atomic E-state index is 12.8. The monoisotopic (exact) mass is 445 g/mol. The number of hydrogen-bond donors (Lipinski definition) is 1. The summed E-state index contributed by atoms with van der Waals surface area (Å²) in [6, 6.07) is 20.6. The van der Waals surface area contributed by atoms with Crippen LogP contribution >= 0.6 is 0 Å². The number of aryl methyl sites for hydroxylation is 1. The van der Waals surface area contributed by atoms with Crippen molar-refractivity contribution in [2.45, 2.75) is 25.9 Å². The molecule has 1 aliphatic rings. The number of rotatable bonds is 7. The van der Waals surface area contributed by atoms with Crippen molar-refractivity contribution in [2.75, 3.05) is 16.8 Å². The summed E-state index contributed by atoms with van der Waals surface area (Å²) in [4.78, 5) is 37.4. The zero-order chi connectivity index (χ0) is 23.4. The van der Waals surface area contributed by atoms with Crippen molar-refractivity contribution in [2.24, 2.45) is 0 Å². The molecule has 1 heterocycles. The van der Waals surface area contributed by atoms with Gasteiger partial charge in [0, 0.05) is 29.9 Å². The third kappa shape index (κ3) is 5.01. The van der Waals surface area contributed by atoms with Crippen molar-refractivity contribution < 1.29 is 19.2 Å². The quantitative estimate of drug-likeness (QED) is 0.423. The Hall–Kier alpha value is -4.20. The van der Waals surface area contributed by atoms with Crippen LogP contribution in [0.2, 0.25) is 0 Å². The van der Waals surface area contributed by atoms with Crippen molar-refractivity contribution in [3.05, 3.63) is 94.0 Å². The van der Waals surface area contributed by atoms with Gasteiger partial charge in [0.15, 0.2) is 6.10 Å². The topological polar surface area (TPSA) is 102 Å². The number of benzene rings is 3. The van der Waals surface area contributed by atoms with Crippen LogP contribution in [0.5, 0.6) is 5.75 Å². The summed E-state index contributed by atoms with van der Waals surface area (Å²) < 4.78 is 5.75. The molecule has 8 heteroatoms. The van der Waals surface area contributed by atoms with E-state index in [1.165, 1.54) is 29.8 Å². The lowest BCUT2D eigenvalue weighted by atomic mass is 10.1. The lowest BCUT2D eigenvalue weighted by Crippen LogP contribution is -2.45. The lowest BCUT2D eigenvalue weighted by Gasteiger charge is -2.33. The Morgan fingerprint density at radius 1 is 1.09 bits per heavy atom. The van der Waals surface area contributed by atoms with Gasteiger partial charge in [0.2, 0.25) is 0 Å². The second-order valence-corrected chi connectivity index (χ2v) is 7.78. The van der Waals surface area contributed by atoms with E-state index in [9.17, 15) is 19.7 Å². The van der Waals surface area contributed by atoms with E-state index >= 15 is 0 Å². The van der Waals surface area contributed by atoms with Crippen LogP contribution in [0, 0.1) is 10.1 Å². The molecule has 0 saturated carbocycles. The highest BCUT2D eigenvalue weighted by Gasteiger charge is 2.31. The van der Waals surface area contributed by atoms with Crippen LogP contribution < -0.4 is 15.0 Å². The maximum Gasteiger partial charge on any atom is 0.269 e. The molecule has 1 aliphatic heterocycles. The molecule has 1 atom stereocenters. The predicted octanol–water partition coefficient (Wildman–Crippen LogP) is 4.59. The second kappa shape index (κ2) is 9.52. The van der Waals surface area contributed by atoms with Gasteiger partial charge in [0.1, 0.15) is 5.75 Å². The zero-order valence-corrected chi connectivity index (χ0v) is 18.1. The van der Waals surface area contributed by atoms with Crippen LogP contribution in [-0.4, -0.2) is 29.4 Å². The Balaban J connectivity index is 1.50. The number of ether oxygens (including phenoxy) is 1. The number of nitro benzene ring substituents is 1. The van der Waals surface area contributed by atoms with Gasteiger partial charge in [-0.3, -0.25) is 19.7 Å². The highest BCUT2D eigenvalue weighted by atomic mass is 16.6. The third-order valence-corrected chi connectivity index (χ3v) is 5.46. The molecule has 168 valence electrons. The van der Waals surface area contributed by atoms with Crippen molar-refractivity contribution in [1.82, 2.24) is 0 Å². The molecule has 0 spiro atoms. The Morgan fingerprint density at radius 2 is 1.82 bits per heavy atom. The van der Waals surface area contributed by atoms with Crippen LogP contribution in [0.25, 0.3) is 0 Å². The molecule has 33 heavy (non-hydrogen) atoms. The number of nitrogens with one attached hydrogen (secondary N) is 1. The molecular weight excluding hydrogens is 422 g/mol.